The number of ether oxygens (including phenoxy) is 3. The highest BCUT2D eigenvalue weighted by atomic mass is 32.2. The van der Waals surface area contributed by atoms with Gasteiger partial charge in [-0.2, -0.15) is 8.42 Å². The van der Waals surface area contributed by atoms with E-state index in [-0.39, 0.29) is 35.2 Å². The zero-order valence-electron chi connectivity index (χ0n) is 12.9. The van der Waals surface area contributed by atoms with Crippen LogP contribution in [0.2, 0.25) is 0 Å². The largest absolute Gasteiger partial charge is 0.466 e. The number of hydrogen-bond acceptors (Lipinski definition) is 8. The Balaban J connectivity index is 2.59. The molecule has 0 saturated heterocycles. The Bertz CT molecular complexity index is 799. The zero-order valence-corrected chi connectivity index (χ0v) is 13.7. The van der Waals surface area contributed by atoms with E-state index in [0.717, 1.165) is 20.3 Å². The molecule has 0 unspecified atom stereocenters. The number of carbonyl (C=O) groups is 2. The van der Waals surface area contributed by atoms with Crippen LogP contribution in [-0.2, 0) is 33.9 Å². The molecule has 9 nitrogen and oxygen atoms in total. The zero-order chi connectivity index (χ0) is 17.9. The number of hydrogen-bond donors (Lipinski definition) is 1. The van der Waals surface area contributed by atoms with Gasteiger partial charge in [-0.05, 0) is 18.2 Å². The molecule has 1 N–H and O–H groups in total. The van der Waals surface area contributed by atoms with Gasteiger partial charge in [0.2, 0.25) is 0 Å². The van der Waals surface area contributed by atoms with E-state index in [0.29, 0.717) is 0 Å². The minimum absolute atomic E-state index is 0.0622. The van der Waals surface area contributed by atoms with Crippen molar-refractivity contribution >= 4 is 27.7 Å². The van der Waals surface area contributed by atoms with Crippen LogP contribution in [0.25, 0.3) is 0 Å². The van der Waals surface area contributed by atoms with Crippen LogP contribution in [0.4, 0.5) is 5.69 Å². The summed E-state index contributed by atoms with van der Waals surface area (Å²) in [5.74, 6) is -1.58. The van der Waals surface area contributed by atoms with E-state index in [9.17, 15) is 18.0 Å². The summed E-state index contributed by atoms with van der Waals surface area (Å²) >= 11 is 0. The summed E-state index contributed by atoms with van der Waals surface area (Å²) in [4.78, 5) is 24.9. The van der Waals surface area contributed by atoms with Gasteiger partial charge in [0, 0.05) is 5.69 Å². The van der Waals surface area contributed by atoms with E-state index in [1.54, 1.807) is 0 Å². The Labute approximate surface area is 138 Å². The summed E-state index contributed by atoms with van der Waals surface area (Å²) < 4.78 is 46.3. The van der Waals surface area contributed by atoms with Gasteiger partial charge < -0.3 is 19.1 Å². The predicted molar refractivity (Wildman–Crippen MR) is 80.6 cm³/mol. The van der Waals surface area contributed by atoms with E-state index in [2.05, 4.69) is 4.74 Å². The number of anilines is 1. The summed E-state index contributed by atoms with van der Waals surface area (Å²) in [6, 6.07) is 5.19. The highest BCUT2D eigenvalue weighted by molar-refractivity contribution is 7.85. The van der Waals surface area contributed by atoms with Crippen molar-refractivity contribution in [3.05, 3.63) is 35.5 Å². The molecule has 1 aromatic rings. The van der Waals surface area contributed by atoms with Gasteiger partial charge in [0.05, 0.1) is 31.3 Å². The van der Waals surface area contributed by atoms with E-state index in [1.165, 1.54) is 23.1 Å². The average molecular weight is 357 g/mol. The van der Waals surface area contributed by atoms with Crippen molar-refractivity contribution in [1.29, 1.82) is 0 Å². The summed E-state index contributed by atoms with van der Waals surface area (Å²) in [7, 11) is -2.13. The van der Waals surface area contributed by atoms with Crippen LogP contribution in [0.3, 0.4) is 0 Å². The second-order valence-electron chi connectivity index (χ2n) is 4.69. The van der Waals surface area contributed by atoms with Crippen molar-refractivity contribution in [1.82, 2.24) is 0 Å². The molecule has 0 atom stereocenters. The lowest BCUT2D eigenvalue weighted by atomic mass is 10.1. The molecule has 10 heteroatoms. The highest BCUT2D eigenvalue weighted by Gasteiger charge is 2.32. The fourth-order valence-electron chi connectivity index (χ4n) is 2.16. The normalized spacial score (nSPS) is 15.2. The topological polar surface area (TPSA) is 119 Å². The quantitative estimate of drug-likeness (QED) is 0.600. The Morgan fingerprint density at radius 3 is 2.46 bits per heavy atom. The molecule has 0 radical (unpaired) electrons. The molecule has 1 heterocycles. The minimum Gasteiger partial charge on any atom is -0.466 e. The molecule has 1 aliphatic rings. The smallest absolute Gasteiger partial charge is 0.355 e. The van der Waals surface area contributed by atoms with Crippen molar-refractivity contribution in [2.45, 2.75) is 4.90 Å². The third-order valence-electron chi connectivity index (χ3n) is 3.26. The van der Waals surface area contributed by atoms with E-state index in [1.807, 2.05) is 0 Å². The van der Waals surface area contributed by atoms with Crippen LogP contribution in [0.15, 0.2) is 40.4 Å². The lowest BCUT2D eigenvalue weighted by Crippen LogP contribution is -2.38. The Hall–Kier alpha value is -2.43. The molecular formula is C14H15NO8S. The molecule has 130 valence electrons. The van der Waals surface area contributed by atoms with Crippen LogP contribution in [0.5, 0.6) is 0 Å². The first-order valence-electron chi connectivity index (χ1n) is 6.62. The first-order valence-corrected chi connectivity index (χ1v) is 8.06. The standard InChI is InChI=1S/C14H15NO8S/c1-21-13(16)11-7-23-8-15(12(11)14(17)22-2)9-4-3-5-10(6-9)24(18,19)20/h3-6H,7-8H2,1-2H3,(H,18,19,20). The molecule has 1 aromatic carbocycles. The van der Waals surface area contributed by atoms with Gasteiger partial charge in [-0.3, -0.25) is 4.55 Å². The van der Waals surface area contributed by atoms with Gasteiger partial charge in [-0.25, -0.2) is 9.59 Å². The first kappa shape index (κ1) is 17.9. The lowest BCUT2D eigenvalue weighted by Gasteiger charge is -2.31. The van der Waals surface area contributed by atoms with Gasteiger partial charge in [-0.1, -0.05) is 6.07 Å². The predicted octanol–water partition coefficient (Wildman–Crippen LogP) is 0.327. The molecule has 0 fully saturated rings. The van der Waals surface area contributed by atoms with Crippen LogP contribution < -0.4 is 4.90 Å². The molecule has 1 aliphatic heterocycles. The Kier molecular flexibility index (Phi) is 5.22. The third kappa shape index (κ3) is 3.55. The SMILES string of the molecule is COC(=O)C1=C(C(=O)OC)N(c2cccc(S(=O)(=O)O)c2)COC1. The number of nitrogens with zero attached hydrogens (tertiary/aromatic N) is 1. The van der Waals surface area contributed by atoms with Crippen LogP contribution in [-0.4, -0.2) is 52.5 Å². The van der Waals surface area contributed by atoms with Crippen molar-refractivity contribution in [2.75, 3.05) is 32.5 Å². The maximum absolute atomic E-state index is 12.1. The lowest BCUT2D eigenvalue weighted by molar-refractivity contribution is -0.140. The summed E-state index contributed by atoms with van der Waals surface area (Å²) in [5.41, 5.74) is 0.0302. The maximum Gasteiger partial charge on any atom is 0.355 e. The van der Waals surface area contributed by atoms with Gasteiger partial charge in [-0.15, -0.1) is 0 Å². The maximum atomic E-state index is 12.1. The van der Waals surface area contributed by atoms with Gasteiger partial charge in [0.1, 0.15) is 12.4 Å². The number of benzene rings is 1. The highest BCUT2D eigenvalue weighted by Crippen LogP contribution is 2.28. The van der Waals surface area contributed by atoms with Gasteiger partial charge in [0.25, 0.3) is 10.1 Å². The fraction of sp³-hybridized carbons (Fsp3) is 0.286. The number of esters is 2. The monoisotopic (exact) mass is 357 g/mol. The molecule has 0 saturated carbocycles. The fourth-order valence-corrected chi connectivity index (χ4v) is 2.68. The van der Waals surface area contributed by atoms with Gasteiger partial charge in [0.15, 0.2) is 0 Å². The minimum atomic E-state index is -4.43. The number of rotatable bonds is 4. The molecule has 0 aliphatic carbocycles. The van der Waals surface area contributed by atoms with Crippen molar-refractivity contribution < 1.29 is 36.8 Å². The summed E-state index contributed by atoms with van der Waals surface area (Å²) in [6.07, 6.45) is 0. The molecule has 24 heavy (non-hydrogen) atoms. The molecule has 0 aromatic heterocycles. The number of carbonyl (C=O) groups excluding carboxylic acids is 2. The average Bonchev–Trinajstić information content (AvgIpc) is 2.59. The van der Waals surface area contributed by atoms with E-state index >= 15 is 0 Å². The van der Waals surface area contributed by atoms with Crippen molar-refractivity contribution in [3.8, 4) is 0 Å². The first-order chi connectivity index (χ1) is 11.3. The Morgan fingerprint density at radius 1 is 1.21 bits per heavy atom. The molecule has 0 spiro atoms. The second-order valence-corrected chi connectivity index (χ2v) is 6.11. The van der Waals surface area contributed by atoms with Crippen molar-refractivity contribution in [2.24, 2.45) is 0 Å². The van der Waals surface area contributed by atoms with E-state index < -0.39 is 22.1 Å². The van der Waals surface area contributed by atoms with Gasteiger partial charge >= 0.3 is 11.9 Å². The van der Waals surface area contributed by atoms with Crippen molar-refractivity contribution in [3.63, 3.8) is 0 Å². The molecule has 2 rings (SSSR count). The summed E-state index contributed by atoms with van der Waals surface area (Å²) in [6.45, 7) is -0.286. The molecule has 0 amide bonds. The van der Waals surface area contributed by atoms with Crippen LogP contribution in [0.1, 0.15) is 0 Å². The second kappa shape index (κ2) is 6.99. The van der Waals surface area contributed by atoms with Crippen LogP contribution >= 0.6 is 0 Å². The summed E-state index contributed by atoms with van der Waals surface area (Å²) in [5, 5.41) is 0. The van der Waals surface area contributed by atoms with E-state index in [4.69, 9.17) is 14.0 Å². The number of methoxy groups -OCH3 is 2. The molecular weight excluding hydrogens is 342 g/mol. The van der Waals surface area contributed by atoms with Crippen LogP contribution in [0, 0.1) is 0 Å². The molecule has 0 bridgehead atoms. The Morgan fingerprint density at radius 2 is 1.88 bits per heavy atom. The third-order valence-corrected chi connectivity index (χ3v) is 4.11.